The van der Waals surface area contributed by atoms with E-state index in [9.17, 15) is 35.1 Å². The molecular weight excluding hydrogens is 568 g/mol. The highest BCUT2D eigenvalue weighted by Crippen LogP contribution is 2.81. The first-order valence-electron chi connectivity index (χ1n) is 14.1. The first-order valence-corrected chi connectivity index (χ1v) is 14.1. The molecule has 5 N–H and O–H groups in total. The van der Waals surface area contributed by atoms with Gasteiger partial charge in [0.25, 0.3) is 0 Å². The molecule has 7 aliphatic rings. The van der Waals surface area contributed by atoms with Gasteiger partial charge in [-0.25, -0.2) is 9.59 Å². The molecule has 4 saturated heterocycles. The molecule has 7 fully saturated rings. The quantitative estimate of drug-likeness (QED) is 0.259. The van der Waals surface area contributed by atoms with Gasteiger partial charge in [-0.05, 0) is 49.7 Å². The van der Waals surface area contributed by atoms with Gasteiger partial charge in [0.2, 0.25) is 0 Å². The molecule has 6 bridgehead atoms. The fourth-order valence-corrected chi connectivity index (χ4v) is 7.70. The Morgan fingerprint density at radius 2 is 1.58 bits per heavy atom. The number of phenolic OH excluding ortho intramolecular Hbond substituents is 1. The van der Waals surface area contributed by atoms with E-state index >= 15 is 0 Å². The van der Waals surface area contributed by atoms with Crippen molar-refractivity contribution < 1.29 is 63.5 Å². The summed E-state index contributed by atoms with van der Waals surface area (Å²) in [4.78, 5) is 25.4. The van der Waals surface area contributed by atoms with Crippen molar-refractivity contribution in [2.75, 3.05) is 13.2 Å². The van der Waals surface area contributed by atoms with Crippen molar-refractivity contribution in [3.63, 3.8) is 0 Å². The SMILES string of the molecule is C[C@@]12C[C@@]3(O)OC(O1)[C@]1(COC(=O)c4ccc(O)cc4)[C@H]3C[C@]21O[C@@H]1O[C@H](COC(=O)c2ccccc2)[C@@H](O)[C@H](O)[C@H]1O. The largest absolute Gasteiger partial charge is 0.508 e. The fourth-order valence-electron chi connectivity index (χ4n) is 7.70. The number of phenols is 1. The Morgan fingerprint density at radius 1 is 0.907 bits per heavy atom. The van der Waals surface area contributed by atoms with Crippen LogP contribution >= 0.6 is 0 Å². The summed E-state index contributed by atoms with van der Waals surface area (Å²) in [5.74, 6) is -3.46. The predicted octanol–water partition coefficient (Wildman–Crippen LogP) is 0.213. The zero-order valence-electron chi connectivity index (χ0n) is 23.1. The second-order valence-electron chi connectivity index (χ2n) is 12.2. The zero-order chi connectivity index (χ0) is 30.4. The van der Waals surface area contributed by atoms with Crippen LogP contribution in [0, 0.1) is 11.3 Å². The summed E-state index contributed by atoms with van der Waals surface area (Å²) in [7, 11) is 0. The molecule has 0 aromatic heterocycles. The molecule has 0 radical (unpaired) electrons. The normalized spacial score (nSPS) is 43.7. The number of benzene rings is 2. The van der Waals surface area contributed by atoms with E-state index in [1.807, 2.05) is 0 Å². The number of hydrogen-bond acceptors (Lipinski definition) is 13. The van der Waals surface area contributed by atoms with Gasteiger partial charge < -0.3 is 54.0 Å². The van der Waals surface area contributed by atoms with Gasteiger partial charge in [-0.3, -0.25) is 0 Å². The second kappa shape index (κ2) is 9.68. The number of rotatable bonds is 8. The molecule has 0 amide bonds. The minimum atomic E-state index is -1.71. The maximum Gasteiger partial charge on any atom is 0.338 e. The Bertz CT molecular complexity index is 1420. The van der Waals surface area contributed by atoms with Crippen molar-refractivity contribution in [2.24, 2.45) is 11.3 Å². The molecule has 2 aromatic rings. The van der Waals surface area contributed by atoms with Crippen LogP contribution in [0.5, 0.6) is 5.75 Å². The zero-order valence-corrected chi connectivity index (χ0v) is 23.1. The van der Waals surface area contributed by atoms with E-state index in [0.29, 0.717) is 0 Å². The highest BCUT2D eigenvalue weighted by molar-refractivity contribution is 5.90. The third-order valence-corrected chi connectivity index (χ3v) is 9.87. The summed E-state index contributed by atoms with van der Waals surface area (Å²) in [6.45, 7) is 1.01. The Morgan fingerprint density at radius 3 is 2.30 bits per heavy atom. The first kappa shape index (κ1) is 28.6. The van der Waals surface area contributed by atoms with Gasteiger partial charge in [-0.1, -0.05) is 18.2 Å². The maximum absolute atomic E-state index is 12.9. The van der Waals surface area contributed by atoms with Gasteiger partial charge in [-0.15, -0.1) is 0 Å². The molecule has 3 aliphatic carbocycles. The first-order chi connectivity index (χ1) is 20.4. The molecule has 13 heteroatoms. The lowest BCUT2D eigenvalue weighted by Gasteiger charge is -2.67. The molecule has 1 unspecified atom stereocenters. The van der Waals surface area contributed by atoms with Gasteiger partial charge >= 0.3 is 11.9 Å². The lowest BCUT2D eigenvalue weighted by molar-refractivity contribution is -0.424. The minimum Gasteiger partial charge on any atom is -0.508 e. The summed E-state index contributed by atoms with van der Waals surface area (Å²) in [6, 6.07) is 13.7. The lowest BCUT2D eigenvalue weighted by Crippen LogP contribution is -2.80. The number of aliphatic hydroxyl groups excluding tert-OH is 3. The van der Waals surface area contributed by atoms with Gasteiger partial charge in [-0.2, -0.15) is 0 Å². The highest BCUT2D eigenvalue weighted by atomic mass is 16.8. The van der Waals surface area contributed by atoms with Crippen molar-refractivity contribution in [1.82, 2.24) is 0 Å². The van der Waals surface area contributed by atoms with E-state index in [4.69, 9.17) is 28.4 Å². The number of carbonyl (C=O) groups is 2. The number of carbonyl (C=O) groups excluding carboxylic acids is 2. The molecule has 13 nitrogen and oxygen atoms in total. The summed E-state index contributed by atoms with van der Waals surface area (Å²) >= 11 is 0. The summed E-state index contributed by atoms with van der Waals surface area (Å²) < 4.78 is 35.6. The molecular formula is C30H32O13. The van der Waals surface area contributed by atoms with Crippen molar-refractivity contribution in [3.8, 4) is 5.75 Å². The minimum absolute atomic E-state index is 0.0149. The maximum atomic E-state index is 12.9. The molecule has 0 spiro atoms. The number of esters is 2. The summed E-state index contributed by atoms with van der Waals surface area (Å²) in [5.41, 5.74) is -3.18. The Hall–Kier alpha value is -3.14. The van der Waals surface area contributed by atoms with Crippen LogP contribution < -0.4 is 0 Å². The van der Waals surface area contributed by atoms with E-state index in [1.165, 1.54) is 24.3 Å². The Labute approximate surface area is 245 Å². The molecule has 9 rings (SSSR count). The van der Waals surface area contributed by atoms with Gasteiger partial charge in [0.15, 0.2) is 18.4 Å². The number of hydrogen-bond donors (Lipinski definition) is 5. The second-order valence-corrected chi connectivity index (χ2v) is 12.2. The number of aromatic hydroxyl groups is 1. The van der Waals surface area contributed by atoms with E-state index in [1.54, 1.807) is 37.3 Å². The fraction of sp³-hybridized carbons (Fsp3) is 0.533. The molecule has 3 saturated carbocycles. The average Bonchev–Trinajstić information content (AvgIpc) is 3.18. The van der Waals surface area contributed by atoms with Crippen LogP contribution in [0.3, 0.4) is 0 Å². The van der Waals surface area contributed by atoms with Crippen molar-refractivity contribution in [1.29, 1.82) is 0 Å². The lowest BCUT2D eigenvalue weighted by atomic mass is 9.41. The average molecular weight is 601 g/mol. The Kier molecular flexibility index (Phi) is 6.44. The third kappa shape index (κ3) is 3.93. The van der Waals surface area contributed by atoms with Crippen molar-refractivity contribution in [3.05, 3.63) is 65.7 Å². The summed E-state index contributed by atoms with van der Waals surface area (Å²) in [6.07, 6.45) is -8.57. The third-order valence-electron chi connectivity index (χ3n) is 9.87. The molecule has 11 atom stereocenters. The van der Waals surface area contributed by atoms with Gasteiger partial charge in [0.1, 0.15) is 54.6 Å². The smallest absolute Gasteiger partial charge is 0.338 e. The van der Waals surface area contributed by atoms with Crippen molar-refractivity contribution in [2.45, 2.75) is 73.8 Å². The van der Waals surface area contributed by atoms with E-state index in [-0.39, 0.29) is 36.3 Å². The molecule has 4 aliphatic heterocycles. The van der Waals surface area contributed by atoms with E-state index < -0.39 is 83.9 Å². The van der Waals surface area contributed by atoms with Crippen LogP contribution in [0.4, 0.5) is 0 Å². The van der Waals surface area contributed by atoms with Gasteiger partial charge in [0.05, 0.1) is 16.5 Å². The van der Waals surface area contributed by atoms with E-state index in [2.05, 4.69) is 0 Å². The summed E-state index contributed by atoms with van der Waals surface area (Å²) in [5, 5.41) is 53.2. The van der Waals surface area contributed by atoms with Crippen molar-refractivity contribution >= 4 is 11.9 Å². The number of ether oxygens (including phenoxy) is 6. The number of aliphatic hydroxyl groups is 4. The monoisotopic (exact) mass is 600 g/mol. The van der Waals surface area contributed by atoms with E-state index in [0.717, 1.165) is 0 Å². The standard InChI is InChI=1S/C30H32O13/c1-27-13-29(37)19-11-30(27,28(19,26(42-27)43-29)14-39-24(36)16-7-9-17(31)10-8-16)41-25-22(34)21(33)20(32)18(40-25)12-38-23(35)15-5-3-2-4-6-15/h2-10,18-22,25-26,31-34,37H,11-14H2,1H3/t18-,19-,20-,21+,22-,25+,26?,27+,28+,29-,30+/m1/s1. The Balaban J connectivity index is 1.12. The van der Waals surface area contributed by atoms with Crippen LogP contribution in [-0.4, -0.2) is 105 Å². The molecule has 4 heterocycles. The van der Waals surface area contributed by atoms with Crippen LogP contribution in [0.2, 0.25) is 0 Å². The van der Waals surface area contributed by atoms with Crippen LogP contribution in [0.25, 0.3) is 0 Å². The van der Waals surface area contributed by atoms with Crippen LogP contribution in [-0.2, 0) is 28.4 Å². The highest BCUT2D eigenvalue weighted by Gasteiger charge is 2.94. The molecule has 230 valence electrons. The molecule has 43 heavy (non-hydrogen) atoms. The van der Waals surface area contributed by atoms with Crippen LogP contribution in [0.15, 0.2) is 54.6 Å². The topological polar surface area (TPSA) is 191 Å². The van der Waals surface area contributed by atoms with Gasteiger partial charge in [0, 0.05) is 12.3 Å². The predicted molar refractivity (Wildman–Crippen MR) is 140 cm³/mol. The van der Waals surface area contributed by atoms with Crippen LogP contribution in [0.1, 0.15) is 40.5 Å². The molecule has 2 aromatic carbocycles.